The number of para-hydroxylation sites is 1. The van der Waals surface area contributed by atoms with Crippen molar-refractivity contribution in [1.29, 1.82) is 0 Å². The molecule has 182 valence electrons. The first-order valence-corrected chi connectivity index (χ1v) is 11.9. The Labute approximate surface area is 205 Å². The molecule has 0 spiro atoms. The molecule has 0 bridgehead atoms. The predicted octanol–water partition coefficient (Wildman–Crippen LogP) is 5.56. The maximum atomic E-state index is 13.9. The van der Waals surface area contributed by atoms with E-state index < -0.39 is 0 Å². The molecule has 0 aliphatic carbocycles. The van der Waals surface area contributed by atoms with E-state index in [2.05, 4.69) is 26.0 Å². The van der Waals surface area contributed by atoms with Gasteiger partial charge in [-0.15, -0.1) is 0 Å². The summed E-state index contributed by atoms with van der Waals surface area (Å²) in [5, 5.41) is 9.67. The molecule has 1 unspecified atom stereocenters. The SMILES string of the molecule is CCC(C)c1ccc(-n2c(-c3cc(C)c(OCCO)c(C)c3)nc3c(OC)cccc3c2=O)cc1. The molecule has 4 aromatic rings. The molecule has 3 aromatic carbocycles. The zero-order valence-electron chi connectivity index (χ0n) is 21.0. The van der Waals surface area contributed by atoms with Crippen molar-refractivity contribution in [3.8, 4) is 28.6 Å². The third kappa shape index (κ3) is 4.66. The fourth-order valence-electron chi connectivity index (χ4n) is 4.42. The van der Waals surface area contributed by atoms with Crippen molar-refractivity contribution in [2.24, 2.45) is 0 Å². The molecule has 1 atom stereocenters. The van der Waals surface area contributed by atoms with Crippen LogP contribution in [0, 0.1) is 13.8 Å². The highest BCUT2D eigenvalue weighted by molar-refractivity contribution is 5.86. The Bertz CT molecular complexity index is 1380. The number of aromatic nitrogens is 2. The Balaban J connectivity index is 1.99. The van der Waals surface area contributed by atoms with E-state index in [0.29, 0.717) is 28.4 Å². The fraction of sp³-hybridized carbons (Fsp3) is 0.310. The van der Waals surface area contributed by atoms with Gasteiger partial charge in [-0.1, -0.05) is 32.0 Å². The summed E-state index contributed by atoms with van der Waals surface area (Å²) in [6, 6.07) is 17.5. The van der Waals surface area contributed by atoms with E-state index in [4.69, 9.17) is 19.6 Å². The summed E-state index contributed by atoms with van der Waals surface area (Å²) in [6.07, 6.45) is 1.05. The number of hydrogen-bond donors (Lipinski definition) is 1. The van der Waals surface area contributed by atoms with Crippen LogP contribution in [0.2, 0.25) is 0 Å². The lowest BCUT2D eigenvalue weighted by Gasteiger charge is -2.18. The molecule has 6 nitrogen and oxygen atoms in total. The van der Waals surface area contributed by atoms with Gasteiger partial charge < -0.3 is 14.6 Å². The summed E-state index contributed by atoms with van der Waals surface area (Å²) in [5.41, 5.74) is 4.97. The van der Waals surface area contributed by atoms with Gasteiger partial charge in [0.15, 0.2) is 0 Å². The lowest BCUT2D eigenvalue weighted by atomic mass is 9.98. The van der Waals surface area contributed by atoms with Crippen LogP contribution in [0.1, 0.15) is 42.9 Å². The molecule has 0 aliphatic heterocycles. The van der Waals surface area contributed by atoms with Crippen molar-refractivity contribution in [2.75, 3.05) is 20.3 Å². The Morgan fingerprint density at radius 1 is 1.06 bits per heavy atom. The summed E-state index contributed by atoms with van der Waals surface area (Å²) in [7, 11) is 1.58. The quantitative estimate of drug-likeness (QED) is 0.363. The number of aliphatic hydroxyl groups is 1. The maximum absolute atomic E-state index is 13.9. The minimum absolute atomic E-state index is 0.0567. The average molecular weight is 473 g/mol. The van der Waals surface area contributed by atoms with Crippen LogP contribution in [0.4, 0.5) is 0 Å². The number of aliphatic hydroxyl groups excluding tert-OH is 1. The third-order valence-corrected chi connectivity index (χ3v) is 6.47. The number of benzene rings is 3. The summed E-state index contributed by atoms with van der Waals surface area (Å²) >= 11 is 0. The van der Waals surface area contributed by atoms with Crippen molar-refractivity contribution >= 4 is 10.9 Å². The van der Waals surface area contributed by atoms with Gasteiger partial charge in [-0.25, -0.2) is 4.98 Å². The first kappa shape index (κ1) is 24.5. The molecule has 0 saturated heterocycles. The molecule has 0 radical (unpaired) electrons. The Morgan fingerprint density at radius 2 is 1.74 bits per heavy atom. The molecule has 0 saturated carbocycles. The van der Waals surface area contributed by atoms with Crippen LogP contribution < -0.4 is 15.0 Å². The van der Waals surface area contributed by atoms with E-state index in [1.807, 2.05) is 50.2 Å². The van der Waals surface area contributed by atoms with Crippen molar-refractivity contribution in [2.45, 2.75) is 40.0 Å². The van der Waals surface area contributed by atoms with Gasteiger partial charge in [-0.3, -0.25) is 9.36 Å². The number of methoxy groups -OCH3 is 1. The zero-order valence-corrected chi connectivity index (χ0v) is 21.0. The van der Waals surface area contributed by atoms with Crippen LogP contribution in [-0.2, 0) is 0 Å². The van der Waals surface area contributed by atoms with Crippen molar-refractivity contribution in [3.05, 3.63) is 81.6 Å². The van der Waals surface area contributed by atoms with Gasteiger partial charge in [0.1, 0.15) is 29.4 Å². The molecule has 1 heterocycles. The average Bonchev–Trinajstić information content (AvgIpc) is 2.87. The van der Waals surface area contributed by atoms with Crippen LogP contribution in [-0.4, -0.2) is 35.0 Å². The van der Waals surface area contributed by atoms with Gasteiger partial charge in [0.2, 0.25) is 0 Å². The van der Waals surface area contributed by atoms with E-state index in [1.54, 1.807) is 17.7 Å². The minimum atomic E-state index is -0.156. The van der Waals surface area contributed by atoms with Crippen LogP contribution in [0.5, 0.6) is 11.5 Å². The van der Waals surface area contributed by atoms with Gasteiger partial charge in [-0.2, -0.15) is 0 Å². The zero-order chi connectivity index (χ0) is 25.1. The predicted molar refractivity (Wildman–Crippen MR) is 140 cm³/mol. The monoisotopic (exact) mass is 472 g/mol. The second-order valence-corrected chi connectivity index (χ2v) is 8.84. The number of fused-ring (bicyclic) bond motifs is 1. The molecule has 1 aromatic heterocycles. The van der Waals surface area contributed by atoms with Crippen LogP contribution >= 0.6 is 0 Å². The van der Waals surface area contributed by atoms with E-state index >= 15 is 0 Å². The molecule has 0 fully saturated rings. The summed E-state index contributed by atoms with van der Waals surface area (Å²) in [5.74, 6) is 2.25. The molecule has 1 N–H and O–H groups in total. The van der Waals surface area contributed by atoms with Crippen LogP contribution in [0.15, 0.2) is 59.4 Å². The molecule has 0 aliphatic rings. The lowest BCUT2D eigenvalue weighted by Crippen LogP contribution is -2.22. The van der Waals surface area contributed by atoms with Crippen LogP contribution in [0.25, 0.3) is 28.0 Å². The first-order chi connectivity index (χ1) is 16.9. The van der Waals surface area contributed by atoms with Gasteiger partial charge in [-0.05, 0) is 79.3 Å². The Kier molecular flexibility index (Phi) is 7.22. The molecule has 6 heteroatoms. The topological polar surface area (TPSA) is 73.6 Å². The lowest BCUT2D eigenvalue weighted by molar-refractivity contribution is 0.200. The number of rotatable bonds is 8. The number of hydrogen-bond acceptors (Lipinski definition) is 5. The Hall–Kier alpha value is -3.64. The molecular weight excluding hydrogens is 440 g/mol. The smallest absolute Gasteiger partial charge is 0.266 e. The maximum Gasteiger partial charge on any atom is 0.266 e. The molecule has 4 rings (SSSR count). The highest BCUT2D eigenvalue weighted by atomic mass is 16.5. The van der Waals surface area contributed by atoms with Gasteiger partial charge in [0.25, 0.3) is 5.56 Å². The van der Waals surface area contributed by atoms with Crippen molar-refractivity contribution in [3.63, 3.8) is 0 Å². The number of ether oxygens (including phenoxy) is 2. The summed E-state index contributed by atoms with van der Waals surface area (Å²) in [4.78, 5) is 18.8. The van der Waals surface area contributed by atoms with Crippen molar-refractivity contribution in [1.82, 2.24) is 9.55 Å². The van der Waals surface area contributed by atoms with Gasteiger partial charge >= 0.3 is 0 Å². The third-order valence-electron chi connectivity index (χ3n) is 6.47. The van der Waals surface area contributed by atoms with Gasteiger partial charge in [0, 0.05) is 5.56 Å². The summed E-state index contributed by atoms with van der Waals surface area (Å²) < 4.78 is 12.9. The largest absolute Gasteiger partial charge is 0.494 e. The minimum Gasteiger partial charge on any atom is -0.494 e. The molecule has 0 amide bonds. The number of nitrogens with zero attached hydrogens (tertiary/aromatic N) is 2. The Morgan fingerprint density at radius 3 is 2.34 bits per heavy atom. The first-order valence-electron chi connectivity index (χ1n) is 11.9. The van der Waals surface area contributed by atoms with Crippen LogP contribution in [0.3, 0.4) is 0 Å². The van der Waals surface area contributed by atoms with E-state index in [9.17, 15) is 4.79 Å². The standard InChI is InChI=1S/C29H32N2O4/c1-6-18(2)21-10-12-23(13-11-21)31-28(22-16-19(3)27(20(4)17-22)35-15-14-32)30-26-24(29(31)33)8-7-9-25(26)34-5/h7-13,16-18,32H,6,14-15H2,1-5H3. The molecular formula is C29H32N2O4. The molecule has 35 heavy (non-hydrogen) atoms. The second-order valence-electron chi connectivity index (χ2n) is 8.84. The van der Waals surface area contributed by atoms with E-state index in [1.165, 1.54) is 5.56 Å². The highest BCUT2D eigenvalue weighted by Gasteiger charge is 2.19. The highest BCUT2D eigenvalue weighted by Crippen LogP contribution is 2.32. The van der Waals surface area contributed by atoms with E-state index in [-0.39, 0.29) is 18.8 Å². The second kappa shape index (κ2) is 10.3. The van der Waals surface area contributed by atoms with E-state index in [0.717, 1.165) is 34.5 Å². The normalized spacial score (nSPS) is 12.1. The van der Waals surface area contributed by atoms with Crippen molar-refractivity contribution < 1.29 is 14.6 Å². The van der Waals surface area contributed by atoms with Gasteiger partial charge in [0.05, 0.1) is 24.8 Å². The fourth-order valence-corrected chi connectivity index (χ4v) is 4.42. The number of aryl methyl sites for hydroxylation is 2. The summed E-state index contributed by atoms with van der Waals surface area (Å²) in [6.45, 7) is 8.43.